The smallest absolute Gasteiger partial charge is 0.335 e. The molecule has 2 rings (SSSR count). The Bertz CT molecular complexity index is 547. The molecule has 1 amide bonds. The van der Waals surface area contributed by atoms with Crippen molar-refractivity contribution in [3.8, 4) is 0 Å². The lowest BCUT2D eigenvalue weighted by atomic mass is 10.1. The molecule has 1 fully saturated rings. The highest BCUT2D eigenvalue weighted by Gasteiger charge is 2.30. The first-order chi connectivity index (χ1) is 10.1. The van der Waals surface area contributed by atoms with Gasteiger partial charge < -0.3 is 20.1 Å². The molecule has 1 atom stereocenters. The summed E-state index contributed by atoms with van der Waals surface area (Å²) >= 11 is 0. The van der Waals surface area contributed by atoms with Crippen LogP contribution in [0, 0.1) is 0 Å². The van der Waals surface area contributed by atoms with E-state index in [1.54, 1.807) is 18.0 Å². The van der Waals surface area contributed by atoms with Gasteiger partial charge in [0.1, 0.15) is 11.9 Å². The van der Waals surface area contributed by atoms with E-state index in [0.29, 0.717) is 31.1 Å². The second kappa shape index (κ2) is 6.53. The molecule has 0 spiro atoms. The van der Waals surface area contributed by atoms with Crippen molar-refractivity contribution in [1.82, 2.24) is 10.3 Å². The minimum atomic E-state index is -1.00. The van der Waals surface area contributed by atoms with E-state index in [-0.39, 0.29) is 18.1 Å². The number of carbonyl (C=O) groups is 2. The molecule has 2 N–H and O–H groups in total. The third-order valence-electron chi connectivity index (χ3n) is 3.45. The molecular formula is C14H19N3O4. The van der Waals surface area contributed by atoms with Crippen LogP contribution in [0.15, 0.2) is 12.1 Å². The fourth-order valence-corrected chi connectivity index (χ4v) is 2.29. The van der Waals surface area contributed by atoms with Gasteiger partial charge in [-0.15, -0.1) is 0 Å². The average molecular weight is 293 g/mol. The number of nitrogens with zero attached hydrogens (tertiary/aromatic N) is 2. The minimum absolute atomic E-state index is 0.171. The number of rotatable bonds is 4. The first-order valence-electron chi connectivity index (χ1n) is 6.87. The van der Waals surface area contributed by atoms with Crippen molar-refractivity contribution in [2.24, 2.45) is 0 Å². The summed E-state index contributed by atoms with van der Waals surface area (Å²) in [6.07, 6.45) is 0.628. The monoisotopic (exact) mass is 293 g/mol. The predicted octanol–water partition coefficient (Wildman–Crippen LogP) is 0.293. The number of likely N-dealkylation sites (N-methyl/N-ethyl adjacent to an activating group) is 1. The van der Waals surface area contributed by atoms with E-state index in [9.17, 15) is 14.7 Å². The average Bonchev–Trinajstić information content (AvgIpc) is 2.53. The van der Waals surface area contributed by atoms with Crippen LogP contribution < -0.4 is 10.2 Å². The Morgan fingerprint density at radius 1 is 1.52 bits per heavy atom. The van der Waals surface area contributed by atoms with Crippen LogP contribution in [-0.2, 0) is 16.0 Å². The number of carboxylic acid groups (broad SMARTS) is 1. The molecule has 7 heteroatoms. The summed E-state index contributed by atoms with van der Waals surface area (Å²) in [4.78, 5) is 29.4. The van der Waals surface area contributed by atoms with E-state index in [2.05, 4.69) is 10.3 Å². The van der Waals surface area contributed by atoms with Gasteiger partial charge in [-0.3, -0.25) is 4.79 Å². The van der Waals surface area contributed by atoms with Crippen molar-refractivity contribution < 1.29 is 19.4 Å². The van der Waals surface area contributed by atoms with Crippen LogP contribution in [0.25, 0.3) is 0 Å². The predicted molar refractivity (Wildman–Crippen MR) is 76.6 cm³/mol. The Hall–Kier alpha value is -2.15. The van der Waals surface area contributed by atoms with Crippen molar-refractivity contribution in [1.29, 1.82) is 0 Å². The molecular weight excluding hydrogens is 274 g/mol. The number of carbonyl (C=O) groups excluding carboxylic acids is 1. The molecule has 21 heavy (non-hydrogen) atoms. The summed E-state index contributed by atoms with van der Waals surface area (Å²) in [5.74, 6) is -0.669. The van der Waals surface area contributed by atoms with Crippen LogP contribution in [-0.4, -0.2) is 54.8 Å². The van der Waals surface area contributed by atoms with Gasteiger partial charge in [-0.1, -0.05) is 6.92 Å². The van der Waals surface area contributed by atoms with Crippen LogP contribution in [0.3, 0.4) is 0 Å². The number of morpholine rings is 1. The molecule has 0 aromatic carbocycles. The van der Waals surface area contributed by atoms with E-state index in [1.165, 1.54) is 6.07 Å². The van der Waals surface area contributed by atoms with Gasteiger partial charge in [0, 0.05) is 19.3 Å². The van der Waals surface area contributed by atoms with Gasteiger partial charge in [-0.05, 0) is 18.6 Å². The molecule has 1 saturated heterocycles. The molecule has 0 bridgehead atoms. The van der Waals surface area contributed by atoms with E-state index in [0.717, 1.165) is 0 Å². The van der Waals surface area contributed by atoms with Crippen LogP contribution in [0.5, 0.6) is 0 Å². The number of nitrogens with one attached hydrogen (secondary N) is 1. The largest absolute Gasteiger partial charge is 0.478 e. The number of aromatic nitrogens is 1. The number of aryl methyl sites for hydroxylation is 1. The number of hydrogen-bond acceptors (Lipinski definition) is 5. The highest BCUT2D eigenvalue weighted by Crippen LogP contribution is 2.20. The number of ether oxygens (including phenoxy) is 1. The number of carboxylic acids is 1. The van der Waals surface area contributed by atoms with E-state index in [4.69, 9.17) is 4.74 Å². The molecule has 1 aromatic heterocycles. The van der Waals surface area contributed by atoms with Crippen LogP contribution in [0.1, 0.15) is 23.0 Å². The number of anilines is 1. The maximum Gasteiger partial charge on any atom is 0.335 e. The third-order valence-corrected chi connectivity index (χ3v) is 3.45. The number of amides is 1. The summed E-state index contributed by atoms with van der Waals surface area (Å²) in [7, 11) is 1.56. The number of hydrogen-bond donors (Lipinski definition) is 2. The van der Waals surface area contributed by atoms with Crippen LogP contribution in [0.4, 0.5) is 5.82 Å². The molecule has 114 valence electrons. The number of pyridine rings is 1. The second-order valence-electron chi connectivity index (χ2n) is 4.76. The molecule has 0 radical (unpaired) electrons. The lowest BCUT2D eigenvalue weighted by Gasteiger charge is -2.35. The maximum absolute atomic E-state index is 11.9. The molecule has 2 heterocycles. The quantitative estimate of drug-likeness (QED) is 0.829. The summed E-state index contributed by atoms with van der Waals surface area (Å²) in [6.45, 7) is 3.15. The third kappa shape index (κ3) is 3.30. The van der Waals surface area contributed by atoms with Gasteiger partial charge in [-0.25, -0.2) is 9.78 Å². The minimum Gasteiger partial charge on any atom is -0.478 e. The lowest BCUT2D eigenvalue weighted by Crippen LogP contribution is -2.53. The summed E-state index contributed by atoms with van der Waals surface area (Å²) in [5, 5.41) is 11.8. The molecule has 0 saturated carbocycles. The molecule has 1 aliphatic heterocycles. The van der Waals surface area contributed by atoms with Gasteiger partial charge in [0.05, 0.1) is 18.8 Å². The standard InChI is InChI=1S/C14H19N3O4/c1-3-10-6-9(14(19)20)7-12(16-10)17-4-5-21-8-11(17)13(18)15-2/h6-7,11H,3-5,8H2,1-2H3,(H,15,18)(H,19,20). The van der Waals surface area contributed by atoms with E-state index >= 15 is 0 Å². The van der Waals surface area contributed by atoms with Gasteiger partial charge in [0.2, 0.25) is 5.91 Å². The zero-order valence-corrected chi connectivity index (χ0v) is 12.1. The van der Waals surface area contributed by atoms with Crippen LogP contribution >= 0.6 is 0 Å². The van der Waals surface area contributed by atoms with Crippen molar-refractivity contribution in [2.75, 3.05) is 31.7 Å². The molecule has 0 aliphatic carbocycles. The Labute approximate surface area is 122 Å². The lowest BCUT2D eigenvalue weighted by molar-refractivity contribution is -0.124. The van der Waals surface area contributed by atoms with Gasteiger partial charge in [0.15, 0.2) is 0 Å². The summed E-state index contributed by atoms with van der Waals surface area (Å²) in [6, 6.07) is 2.56. The molecule has 1 aliphatic rings. The van der Waals surface area contributed by atoms with E-state index in [1.807, 2.05) is 6.92 Å². The van der Waals surface area contributed by atoms with Gasteiger partial charge in [0.25, 0.3) is 0 Å². The second-order valence-corrected chi connectivity index (χ2v) is 4.76. The van der Waals surface area contributed by atoms with Crippen LogP contribution in [0.2, 0.25) is 0 Å². The Morgan fingerprint density at radius 2 is 2.29 bits per heavy atom. The van der Waals surface area contributed by atoms with Crippen molar-refractivity contribution in [3.05, 3.63) is 23.4 Å². The summed E-state index contributed by atoms with van der Waals surface area (Å²) in [5.41, 5.74) is 0.867. The molecule has 7 nitrogen and oxygen atoms in total. The zero-order chi connectivity index (χ0) is 15.4. The van der Waals surface area contributed by atoms with Gasteiger partial charge in [-0.2, -0.15) is 0 Å². The Balaban J connectivity index is 2.39. The Kier molecular flexibility index (Phi) is 4.74. The van der Waals surface area contributed by atoms with Crippen molar-refractivity contribution >= 4 is 17.7 Å². The van der Waals surface area contributed by atoms with Crippen molar-refractivity contribution in [3.63, 3.8) is 0 Å². The normalized spacial score (nSPS) is 18.4. The molecule has 1 aromatic rings. The molecule has 1 unspecified atom stereocenters. The highest BCUT2D eigenvalue weighted by molar-refractivity contribution is 5.89. The first-order valence-corrected chi connectivity index (χ1v) is 6.87. The first kappa shape index (κ1) is 15.2. The topological polar surface area (TPSA) is 91.8 Å². The fraction of sp³-hybridized carbons (Fsp3) is 0.500. The maximum atomic E-state index is 11.9. The Morgan fingerprint density at radius 3 is 2.90 bits per heavy atom. The van der Waals surface area contributed by atoms with Crippen molar-refractivity contribution in [2.45, 2.75) is 19.4 Å². The zero-order valence-electron chi connectivity index (χ0n) is 12.1. The SMILES string of the molecule is CCc1cc(C(=O)O)cc(N2CCOCC2C(=O)NC)n1. The fourth-order valence-electron chi connectivity index (χ4n) is 2.29. The summed E-state index contributed by atoms with van der Waals surface area (Å²) < 4.78 is 5.34. The van der Waals surface area contributed by atoms with E-state index < -0.39 is 12.0 Å². The number of aromatic carboxylic acids is 1. The van der Waals surface area contributed by atoms with Gasteiger partial charge >= 0.3 is 5.97 Å². The highest BCUT2D eigenvalue weighted by atomic mass is 16.5.